The van der Waals surface area contributed by atoms with Gasteiger partial charge in [-0.05, 0) is 46.2 Å². The molecule has 0 aromatic heterocycles. The lowest BCUT2D eigenvalue weighted by atomic mass is 9.87. The van der Waals surface area contributed by atoms with Crippen LogP contribution in [0.4, 0.5) is 0 Å². The van der Waals surface area contributed by atoms with Crippen molar-refractivity contribution < 1.29 is 0 Å². The Hall–Kier alpha value is -0.120. The molecule has 14 heavy (non-hydrogen) atoms. The van der Waals surface area contributed by atoms with Crippen LogP contribution in [0.5, 0.6) is 0 Å². The van der Waals surface area contributed by atoms with Gasteiger partial charge in [-0.25, -0.2) is 0 Å². The van der Waals surface area contributed by atoms with E-state index in [1.165, 1.54) is 32.4 Å². The molecular formula is C11H25N3. The van der Waals surface area contributed by atoms with Crippen LogP contribution >= 0.6 is 0 Å². The first-order valence-electron chi connectivity index (χ1n) is 5.86. The molecule has 2 unspecified atom stereocenters. The van der Waals surface area contributed by atoms with Crippen LogP contribution in [0.2, 0.25) is 0 Å². The van der Waals surface area contributed by atoms with E-state index in [1.807, 2.05) is 0 Å². The molecule has 1 saturated heterocycles. The van der Waals surface area contributed by atoms with E-state index in [1.54, 1.807) is 0 Å². The summed E-state index contributed by atoms with van der Waals surface area (Å²) in [4.78, 5) is 2.60. The molecule has 3 N–H and O–H groups in total. The number of nitrogens with zero attached hydrogens (tertiary/aromatic N) is 1. The molecule has 0 aliphatic carbocycles. The molecule has 3 nitrogen and oxygen atoms in total. The first-order valence-corrected chi connectivity index (χ1v) is 5.86. The fourth-order valence-electron chi connectivity index (χ4n) is 2.39. The van der Waals surface area contributed by atoms with Gasteiger partial charge < -0.3 is 0 Å². The summed E-state index contributed by atoms with van der Waals surface area (Å²) in [6.07, 6.45) is 5.22. The van der Waals surface area contributed by atoms with Crippen LogP contribution in [0.3, 0.4) is 0 Å². The van der Waals surface area contributed by atoms with E-state index >= 15 is 0 Å². The molecule has 0 spiro atoms. The molecule has 0 saturated carbocycles. The summed E-state index contributed by atoms with van der Waals surface area (Å²) in [7, 11) is 0. The minimum absolute atomic E-state index is 0.217. The molecule has 1 rings (SSSR count). The molecule has 0 aromatic rings. The van der Waals surface area contributed by atoms with E-state index < -0.39 is 0 Å². The van der Waals surface area contributed by atoms with Crippen LogP contribution in [0.15, 0.2) is 0 Å². The molecule has 0 aromatic carbocycles. The van der Waals surface area contributed by atoms with Crippen molar-refractivity contribution in [1.82, 2.24) is 10.3 Å². The van der Waals surface area contributed by atoms with Crippen LogP contribution in [-0.4, -0.2) is 29.6 Å². The van der Waals surface area contributed by atoms with Crippen LogP contribution in [0.25, 0.3) is 0 Å². The predicted molar refractivity (Wildman–Crippen MR) is 60.9 cm³/mol. The van der Waals surface area contributed by atoms with Gasteiger partial charge in [0.15, 0.2) is 0 Å². The van der Waals surface area contributed by atoms with E-state index in [2.05, 4.69) is 31.1 Å². The maximum Gasteiger partial charge on any atom is 0.0363 e. The van der Waals surface area contributed by atoms with Crippen molar-refractivity contribution in [1.29, 1.82) is 0 Å². The summed E-state index contributed by atoms with van der Waals surface area (Å²) in [6, 6.07) is 0.352. The first kappa shape index (κ1) is 12.0. The largest absolute Gasteiger partial charge is 0.296 e. The van der Waals surface area contributed by atoms with E-state index in [0.717, 1.165) is 6.42 Å². The number of likely N-dealkylation sites (tertiary alicyclic amines) is 1. The number of nitrogens with one attached hydrogen (secondary N) is 1. The van der Waals surface area contributed by atoms with E-state index in [4.69, 9.17) is 5.84 Å². The third-order valence-corrected chi connectivity index (χ3v) is 3.98. The van der Waals surface area contributed by atoms with Gasteiger partial charge in [0, 0.05) is 11.6 Å². The second-order valence-corrected chi connectivity index (χ2v) is 4.65. The van der Waals surface area contributed by atoms with E-state index in [9.17, 15) is 0 Å². The van der Waals surface area contributed by atoms with Crippen LogP contribution in [-0.2, 0) is 0 Å². The molecule has 84 valence electrons. The van der Waals surface area contributed by atoms with Gasteiger partial charge >= 0.3 is 0 Å². The third kappa shape index (κ3) is 2.27. The smallest absolute Gasteiger partial charge is 0.0363 e. The Morgan fingerprint density at radius 1 is 1.36 bits per heavy atom. The Balaban J connectivity index is 2.65. The van der Waals surface area contributed by atoms with E-state index in [0.29, 0.717) is 6.04 Å². The van der Waals surface area contributed by atoms with E-state index in [-0.39, 0.29) is 5.54 Å². The zero-order valence-corrected chi connectivity index (χ0v) is 9.84. The number of hydrazine groups is 1. The number of nitrogens with two attached hydrogens (primary N) is 1. The monoisotopic (exact) mass is 199 g/mol. The highest BCUT2D eigenvalue weighted by Crippen LogP contribution is 2.26. The molecule has 2 atom stereocenters. The number of rotatable bonds is 4. The second kappa shape index (κ2) is 5.10. The SMILES string of the molecule is CCC(C)(C(C)NN)N1CCCCC1. The normalized spacial score (nSPS) is 25.7. The topological polar surface area (TPSA) is 41.3 Å². The second-order valence-electron chi connectivity index (χ2n) is 4.65. The van der Waals surface area contributed by atoms with Crippen LogP contribution in [0.1, 0.15) is 46.5 Å². The quantitative estimate of drug-likeness (QED) is 0.532. The molecule has 0 amide bonds. The van der Waals surface area contributed by atoms with Crippen molar-refractivity contribution in [2.75, 3.05) is 13.1 Å². The fourth-order valence-corrected chi connectivity index (χ4v) is 2.39. The molecule has 1 aliphatic rings. The summed E-state index contributed by atoms with van der Waals surface area (Å²) in [5, 5.41) is 0. The van der Waals surface area contributed by atoms with Crippen molar-refractivity contribution in [3.8, 4) is 0 Å². The Morgan fingerprint density at radius 3 is 2.36 bits per heavy atom. The van der Waals surface area contributed by atoms with Gasteiger partial charge in [0.2, 0.25) is 0 Å². The van der Waals surface area contributed by atoms with Crippen molar-refractivity contribution in [3.63, 3.8) is 0 Å². The van der Waals surface area contributed by atoms with Crippen molar-refractivity contribution in [2.24, 2.45) is 5.84 Å². The van der Waals surface area contributed by atoms with Crippen molar-refractivity contribution >= 4 is 0 Å². The molecule has 1 heterocycles. The molecule has 3 heteroatoms. The lowest BCUT2D eigenvalue weighted by molar-refractivity contribution is 0.0484. The third-order valence-electron chi connectivity index (χ3n) is 3.98. The molecule has 1 fully saturated rings. The molecule has 1 aliphatic heterocycles. The fraction of sp³-hybridized carbons (Fsp3) is 1.00. The number of hydrogen-bond acceptors (Lipinski definition) is 3. The van der Waals surface area contributed by atoms with Gasteiger partial charge in [-0.1, -0.05) is 13.3 Å². The van der Waals surface area contributed by atoms with Crippen LogP contribution in [0, 0.1) is 0 Å². The highest BCUT2D eigenvalue weighted by Gasteiger charge is 2.35. The van der Waals surface area contributed by atoms with Crippen molar-refractivity contribution in [2.45, 2.75) is 58.0 Å². The van der Waals surface area contributed by atoms with Gasteiger partial charge in [-0.2, -0.15) is 0 Å². The zero-order chi connectivity index (χ0) is 10.6. The summed E-state index contributed by atoms with van der Waals surface area (Å²) in [5.41, 5.74) is 3.13. The Bertz CT molecular complexity index is 166. The standard InChI is InChI=1S/C11H25N3/c1-4-11(3,10(2)13-12)14-8-6-5-7-9-14/h10,13H,4-9,12H2,1-3H3. The van der Waals surface area contributed by atoms with Crippen LogP contribution < -0.4 is 11.3 Å². The van der Waals surface area contributed by atoms with Gasteiger partial charge in [-0.15, -0.1) is 0 Å². The zero-order valence-electron chi connectivity index (χ0n) is 9.84. The van der Waals surface area contributed by atoms with Crippen molar-refractivity contribution in [3.05, 3.63) is 0 Å². The number of piperidine rings is 1. The van der Waals surface area contributed by atoms with Gasteiger partial charge in [0.1, 0.15) is 0 Å². The minimum atomic E-state index is 0.217. The predicted octanol–water partition coefficient (Wildman–Crippen LogP) is 1.49. The summed E-state index contributed by atoms with van der Waals surface area (Å²) >= 11 is 0. The average molecular weight is 199 g/mol. The minimum Gasteiger partial charge on any atom is -0.296 e. The highest BCUT2D eigenvalue weighted by atomic mass is 15.3. The Kier molecular flexibility index (Phi) is 4.35. The molecule has 0 bridgehead atoms. The van der Waals surface area contributed by atoms with Gasteiger partial charge in [0.05, 0.1) is 0 Å². The summed E-state index contributed by atoms with van der Waals surface area (Å²) in [5.74, 6) is 5.56. The molecular weight excluding hydrogens is 174 g/mol. The highest BCUT2D eigenvalue weighted by molar-refractivity contribution is 4.94. The lowest BCUT2D eigenvalue weighted by Crippen LogP contribution is -2.60. The Labute approximate surface area is 88.0 Å². The average Bonchev–Trinajstić information content (AvgIpc) is 2.28. The lowest BCUT2D eigenvalue weighted by Gasteiger charge is -2.46. The first-order chi connectivity index (χ1) is 6.65. The Morgan fingerprint density at radius 2 is 1.93 bits per heavy atom. The maximum absolute atomic E-state index is 5.56. The van der Waals surface area contributed by atoms with Gasteiger partial charge in [-0.3, -0.25) is 16.2 Å². The summed E-state index contributed by atoms with van der Waals surface area (Å²) < 4.78 is 0. The van der Waals surface area contributed by atoms with Gasteiger partial charge in [0.25, 0.3) is 0 Å². The summed E-state index contributed by atoms with van der Waals surface area (Å²) in [6.45, 7) is 9.22. The molecule has 0 radical (unpaired) electrons. The maximum atomic E-state index is 5.56. The number of hydrogen-bond donors (Lipinski definition) is 2.